The number of rotatable bonds is 6. The summed E-state index contributed by atoms with van der Waals surface area (Å²) in [5.74, 6) is 2.85. The Bertz CT molecular complexity index is 561. The topological polar surface area (TPSA) is 67.7 Å². The number of hydrogen-bond donors (Lipinski definition) is 2. The van der Waals surface area contributed by atoms with Crippen LogP contribution in [0.2, 0.25) is 0 Å². The third-order valence-corrected chi connectivity index (χ3v) is 3.13. The molecule has 6 nitrogen and oxygen atoms in total. The van der Waals surface area contributed by atoms with Gasteiger partial charge < -0.3 is 10.6 Å². The first-order chi connectivity index (χ1) is 9.60. The van der Waals surface area contributed by atoms with Crippen LogP contribution in [0.1, 0.15) is 31.3 Å². The highest BCUT2D eigenvalue weighted by Crippen LogP contribution is 2.16. The van der Waals surface area contributed by atoms with Crippen LogP contribution in [0.3, 0.4) is 0 Å². The molecule has 0 unspecified atom stereocenters. The van der Waals surface area contributed by atoms with Gasteiger partial charge in [-0.2, -0.15) is 5.10 Å². The first-order valence-corrected chi connectivity index (χ1v) is 6.87. The van der Waals surface area contributed by atoms with Crippen molar-refractivity contribution in [2.75, 3.05) is 24.2 Å². The van der Waals surface area contributed by atoms with E-state index in [0.717, 1.165) is 30.4 Å². The summed E-state index contributed by atoms with van der Waals surface area (Å²) in [4.78, 5) is 8.98. The van der Waals surface area contributed by atoms with Gasteiger partial charge in [0.1, 0.15) is 17.5 Å². The lowest BCUT2D eigenvalue weighted by Gasteiger charge is -2.11. The van der Waals surface area contributed by atoms with Gasteiger partial charge in [0.2, 0.25) is 0 Å². The lowest BCUT2D eigenvalue weighted by atomic mass is 10.2. The minimum absolute atomic E-state index is 0.306. The van der Waals surface area contributed by atoms with Gasteiger partial charge in [0.25, 0.3) is 0 Å². The molecule has 0 aliphatic rings. The van der Waals surface area contributed by atoms with Crippen LogP contribution in [0.5, 0.6) is 0 Å². The number of hydrogen-bond acceptors (Lipinski definition) is 5. The van der Waals surface area contributed by atoms with Crippen molar-refractivity contribution in [3.8, 4) is 0 Å². The molecule has 108 valence electrons. The maximum atomic E-state index is 4.54. The van der Waals surface area contributed by atoms with Crippen molar-refractivity contribution in [3.05, 3.63) is 29.8 Å². The van der Waals surface area contributed by atoms with E-state index in [1.165, 1.54) is 5.69 Å². The SMILES string of the molecule is CNc1cc(NCCc2ccnn2C)nc(C(C)C)n1. The fourth-order valence-electron chi connectivity index (χ4n) is 1.91. The summed E-state index contributed by atoms with van der Waals surface area (Å²) in [6, 6.07) is 3.95. The maximum absolute atomic E-state index is 4.54. The summed E-state index contributed by atoms with van der Waals surface area (Å²) in [5, 5.41) is 10.6. The van der Waals surface area contributed by atoms with Gasteiger partial charge in [0, 0.05) is 50.9 Å². The van der Waals surface area contributed by atoms with E-state index in [1.54, 1.807) is 0 Å². The number of nitrogens with one attached hydrogen (secondary N) is 2. The molecular weight excluding hydrogens is 252 g/mol. The quantitative estimate of drug-likeness (QED) is 0.843. The van der Waals surface area contributed by atoms with Gasteiger partial charge in [-0.1, -0.05) is 13.8 Å². The standard InChI is InChI=1S/C14H22N6/c1-10(2)14-18-12(15-3)9-13(19-14)16-7-5-11-6-8-17-20(11)4/h6,8-10H,5,7H2,1-4H3,(H2,15,16,18,19). The van der Waals surface area contributed by atoms with Crippen molar-refractivity contribution in [1.82, 2.24) is 19.7 Å². The minimum atomic E-state index is 0.306. The summed E-state index contributed by atoms with van der Waals surface area (Å²) in [5.41, 5.74) is 1.20. The highest BCUT2D eigenvalue weighted by atomic mass is 15.3. The van der Waals surface area contributed by atoms with Gasteiger partial charge in [0.15, 0.2) is 0 Å². The van der Waals surface area contributed by atoms with Crippen molar-refractivity contribution in [2.24, 2.45) is 7.05 Å². The number of anilines is 2. The van der Waals surface area contributed by atoms with Crippen molar-refractivity contribution in [1.29, 1.82) is 0 Å². The number of aryl methyl sites for hydroxylation is 1. The molecule has 6 heteroatoms. The van der Waals surface area contributed by atoms with Crippen molar-refractivity contribution in [2.45, 2.75) is 26.2 Å². The van der Waals surface area contributed by atoms with E-state index in [-0.39, 0.29) is 0 Å². The van der Waals surface area contributed by atoms with Crippen LogP contribution in [0.25, 0.3) is 0 Å². The molecule has 2 rings (SSSR count). The molecule has 0 aliphatic carbocycles. The predicted octanol–water partition coefficient (Wildman–Crippen LogP) is 2.03. The smallest absolute Gasteiger partial charge is 0.135 e. The molecule has 2 aromatic heterocycles. The molecule has 0 amide bonds. The van der Waals surface area contributed by atoms with Gasteiger partial charge in [-0.15, -0.1) is 0 Å². The second-order valence-electron chi connectivity index (χ2n) is 5.02. The Morgan fingerprint density at radius 3 is 2.60 bits per heavy atom. The van der Waals surface area contributed by atoms with E-state index in [9.17, 15) is 0 Å². The first-order valence-electron chi connectivity index (χ1n) is 6.87. The second-order valence-corrected chi connectivity index (χ2v) is 5.02. The Morgan fingerprint density at radius 2 is 2.00 bits per heavy atom. The molecule has 0 saturated carbocycles. The molecule has 2 aromatic rings. The molecular formula is C14H22N6. The Labute approximate surface area is 119 Å². The van der Waals surface area contributed by atoms with Crippen LogP contribution in [-0.2, 0) is 13.5 Å². The molecule has 2 N–H and O–H groups in total. The molecule has 0 saturated heterocycles. The summed E-state index contributed by atoms with van der Waals surface area (Å²) in [6.07, 6.45) is 2.72. The number of aromatic nitrogens is 4. The molecule has 0 aromatic carbocycles. The van der Waals surface area contributed by atoms with E-state index in [2.05, 4.69) is 39.5 Å². The molecule has 0 radical (unpaired) electrons. The maximum Gasteiger partial charge on any atom is 0.135 e. The van der Waals surface area contributed by atoms with E-state index in [1.807, 2.05) is 37.1 Å². The van der Waals surface area contributed by atoms with Crippen LogP contribution < -0.4 is 10.6 Å². The van der Waals surface area contributed by atoms with Crippen LogP contribution >= 0.6 is 0 Å². The summed E-state index contributed by atoms with van der Waals surface area (Å²) < 4.78 is 1.89. The second kappa shape index (κ2) is 6.36. The zero-order valence-corrected chi connectivity index (χ0v) is 12.5. The highest BCUT2D eigenvalue weighted by molar-refractivity contribution is 5.47. The Balaban J connectivity index is 2.01. The van der Waals surface area contributed by atoms with Crippen LogP contribution in [0, 0.1) is 0 Å². The molecule has 0 atom stereocenters. The largest absolute Gasteiger partial charge is 0.373 e. The fourth-order valence-corrected chi connectivity index (χ4v) is 1.91. The molecule has 20 heavy (non-hydrogen) atoms. The highest BCUT2D eigenvalue weighted by Gasteiger charge is 2.07. The van der Waals surface area contributed by atoms with Gasteiger partial charge in [-0.3, -0.25) is 4.68 Å². The molecule has 0 spiro atoms. The normalized spacial score (nSPS) is 10.8. The lowest BCUT2D eigenvalue weighted by molar-refractivity contribution is 0.710. The first kappa shape index (κ1) is 14.3. The average Bonchev–Trinajstić information content (AvgIpc) is 2.84. The van der Waals surface area contributed by atoms with Gasteiger partial charge in [0.05, 0.1) is 0 Å². The van der Waals surface area contributed by atoms with Gasteiger partial charge >= 0.3 is 0 Å². The molecule has 0 bridgehead atoms. The Hall–Kier alpha value is -2.11. The number of nitrogens with zero attached hydrogens (tertiary/aromatic N) is 4. The van der Waals surface area contributed by atoms with E-state index in [0.29, 0.717) is 5.92 Å². The average molecular weight is 274 g/mol. The van der Waals surface area contributed by atoms with Gasteiger partial charge in [-0.25, -0.2) is 9.97 Å². The zero-order valence-electron chi connectivity index (χ0n) is 12.5. The van der Waals surface area contributed by atoms with E-state index < -0.39 is 0 Å². The zero-order chi connectivity index (χ0) is 14.5. The third kappa shape index (κ3) is 3.46. The Kier molecular flexibility index (Phi) is 4.55. The lowest BCUT2D eigenvalue weighted by Crippen LogP contribution is -2.11. The summed E-state index contributed by atoms with van der Waals surface area (Å²) >= 11 is 0. The van der Waals surface area contributed by atoms with Crippen LogP contribution in [0.4, 0.5) is 11.6 Å². The summed E-state index contributed by atoms with van der Waals surface area (Å²) in [7, 11) is 3.82. The Morgan fingerprint density at radius 1 is 1.25 bits per heavy atom. The van der Waals surface area contributed by atoms with Crippen molar-refractivity contribution in [3.63, 3.8) is 0 Å². The minimum Gasteiger partial charge on any atom is -0.373 e. The molecule has 0 aliphatic heterocycles. The molecule has 0 fully saturated rings. The van der Waals surface area contributed by atoms with Gasteiger partial charge in [-0.05, 0) is 6.07 Å². The van der Waals surface area contributed by atoms with Crippen LogP contribution in [-0.4, -0.2) is 33.3 Å². The molecule has 2 heterocycles. The monoisotopic (exact) mass is 274 g/mol. The van der Waals surface area contributed by atoms with Crippen molar-refractivity contribution >= 4 is 11.6 Å². The van der Waals surface area contributed by atoms with E-state index >= 15 is 0 Å². The van der Waals surface area contributed by atoms with Crippen LogP contribution in [0.15, 0.2) is 18.3 Å². The third-order valence-electron chi connectivity index (χ3n) is 3.13. The summed E-state index contributed by atoms with van der Waals surface area (Å²) in [6.45, 7) is 5.00. The van der Waals surface area contributed by atoms with Crippen molar-refractivity contribution < 1.29 is 0 Å². The van der Waals surface area contributed by atoms with E-state index in [4.69, 9.17) is 0 Å². The fraction of sp³-hybridized carbons (Fsp3) is 0.500. The predicted molar refractivity (Wildman–Crippen MR) is 81.1 cm³/mol.